The number of hydrogen-bond acceptors (Lipinski definition) is 4. The summed E-state index contributed by atoms with van der Waals surface area (Å²) in [6.45, 7) is 23.7. The maximum Gasteiger partial charge on any atom is 0.515 e. The molecule has 0 spiro atoms. The van der Waals surface area contributed by atoms with Crippen LogP contribution in [0.5, 0.6) is 0 Å². The van der Waals surface area contributed by atoms with Gasteiger partial charge in [-0.2, -0.15) is 0 Å². The molecule has 0 aliphatic carbocycles. The summed E-state index contributed by atoms with van der Waals surface area (Å²) in [4.78, 5) is 0. The molecule has 6 heteroatoms. The molecular formula is C20H47NO3Si2. The second-order valence-corrected chi connectivity index (χ2v) is 17.0. The van der Waals surface area contributed by atoms with Crippen molar-refractivity contribution < 1.29 is 13.3 Å². The average Bonchev–Trinajstić information content (AvgIpc) is 2.53. The van der Waals surface area contributed by atoms with Crippen LogP contribution in [0.1, 0.15) is 75.2 Å². The van der Waals surface area contributed by atoms with Gasteiger partial charge in [0, 0.05) is 19.8 Å². The van der Waals surface area contributed by atoms with Gasteiger partial charge < -0.3 is 18.6 Å². The Morgan fingerprint density at radius 1 is 0.692 bits per heavy atom. The van der Waals surface area contributed by atoms with Gasteiger partial charge in [0.25, 0.3) is 0 Å². The van der Waals surface area contributed by atoms with E-state index in [0.717, 1.165) is 23.2 Å². The lowest BCUT2D eigenvalue weighted by atomic mass is 10.3. The molecule has 0 aromatic carbocycles. The monoisotopic (exact) mass is 405 g/mol. The van der Waals surface area contributed by atoms with E-state index in [1.54, 1.807) is 0 Å². The number of unbranched alkanes of at least 4 members (excludes halogenated alkanes) is 1. The minimum Gasteiger partial charge on any atom is -0.373 e. The summed E-state index contributed by atoms with van der Waals surface area (Å²) in [6.07, 6.45) is 3.25. The van der Waals surface area contributed by atoms with Crippen molar-refractivity contribution in [2.45, 2.75) is 97.8 Å². The Kier molecular flexibility index (Phi) is 13.6. The van der Waals surface area contributed by atoms with E-state index < -0.39 is 16.9 Å². The molecule has 26 heavy (non-hydrogen) atoms. The van der Waals surface area contributed by atoms with E-state index in [2.05, 4.69) is 46.9 Å². The minimum atomic E-state index is -2.55. The highest BCUT2D eigenvalue weighted by Crippen LogP contribution is 2.45. The zero-order valence-electron chi connectivity index (χ0n) is 19.1. The third-order valence-electron chi connectivity index (χ3n) is 5.87. The van der Waals surface area contributed by atoms with Gasteiger partial charge in [-0.1, -0.05) is 70.6 Å². The van der Waals surface area contributed by atoms with Crippen LogP contribution < -0.4 is 5.32 Å². The molecule has 0 unspecified atom stereocenters. The fourth-order valence-electron chi connectivity index (χ4n) is 4.73. The lowest BCUT2D eigenvalue weighted by molar-refractivity contribution is 0.0701. The highest BCUT2D eigenvalue weighted by molar-refractivity contribution is 6.83. The molecule has 0 fully saturated rings. The predicted octanol–water partition coefficient (Wildman–Crippen LogP) is 5.62. The molecule has 0 radical (unpaired) electrons. The Balaban J connectivity index is 4.50. The zero-order valence-corrected chi connectivity index (χ0v) is 21.1. The van der Waals surface area contributed by atoms with Crippen LogP contribution in [0.2, 0.25) is 22.7 Å². The Morgan fingerprint density at radius 3 is 1.46 bits per heavy atom. The summed E-state index contributed by atoms with van der Waals surface area (Å²) in [5.41, 5.74) is 2.55. The van der Waals surface area contributed by atoms with Crippen LogP contribution in [0.25, 0.3) is 0 Å². The van der Waals surface area contributed by atoms with Crippen LogP contribution in [0.4, 0.5) is 0 Å². The summed E-state index contributed by atoms with van der Waals surface area (Å²) in [5.74, 6) is 0. The van der Waals surface area contributed by atoms with Crippen LogP contribution in [0, 0.1) is 0 Å². The molecule has 1 N–H and O–H groups in total. The number of hydrogen-bond donors (Lipinski definition) is 1. The lowest BCUT2D eigenvalue weighted by Gasteiger charge is -2.43. The molecule has 0 aliphatic heterocycles. The molecule has 158 valence electrons. The van der Waals surface area contributed by atoms with Crippen molar-refractivity contribution in [3.05, 3.63) is 0 Å². The molecule has 0 saturated heterocycles. The van der Waals surface area contributed by atoms with E-state index >= 15 is 0 Å². The number of rotatable bonds is 16. The van der Waals surface area contributed by atoms with Gasteiger partial charge in [-0.05, 0) is 33.7 Å². The molecule has 0 aliphatic rings. The van der Waals surface area contributed by atoms with E-state index in [1.807, 2.05) is 20.8 Å². The molecule has 0 saturated carbocycles. The lowest BCUT2D eigenvalue weighted by Crippen LogP contribution is -2.54. The fourth-order valence-corrected chi connectivity index (χ4v) is 13.7. The largest absolute Gasteiger partial charge is 0.515 e. The first-order chi connectivity index (χ1) is 12.2. The van der Waals surface area contributed by atoms with Crippen LogP contribution >= 0.6 is 0 Å². The van der Waals surface area contributed by atoms with Gasteiger partial charge >= 0.3 is 8.80 Å². The smallest absolute Gasteiger partial charge is 0.373 e. The molecule has 0 amide bonds. The van der Waals surface area contributed by atoms with E-state index in [-0.39, 0.29) is 0 Å². The Labute approximate surface area is 166 Å². The quantitative estimate of drug-likeness (QED) is 0.267. The van der Waals surface area contributed by atoms with Gasteiger partial charge in [0.2, 0.25) is 0 Å². The van der Waals surface area contributed by atoms with Gasteiger partial charge in [0.1, 0.15) is 0 Å². The van der Waals surface area contributed by atoms with Gasteiger partial charge in [-0.15, -0.1) is 0 Å². The van der Waals surface area contributed by atoms with Crippen LogP contribution in [-0.4, -0.2) is 49.4 Å². The van der Waals surface area contributed by atoms with Crippen molar-refractivity contribution >= 4 is 16.9 Å². The van der Waals surface area contributed by atoms with Crippen LogP contribution in [0.15, 0.2) is 0 Å². The van der Waals surface area contributed by atoms with Gasteiger partial charge in [0.05, 0.1) is 14.2 Å². The van der Waals surface area contributed by atoms with Crippen LogP contribution in [0.3, 0.4) is 0 Å². The topological polar surface area (TPSA) is 39.7 Å². The molecular weight excluding hydrogens is 358 g/mol. The maximum atomic E-state index is 5.90. The highest BCUT2D eigenvalue weighted by atomic mass is 28.4. The summed E-state index contributed by atoms with van der Waals surface area (Å²) in [7, 11) is -3.80. The zero-order chi connectivity index (χ0) is 20.2. The van der Waals surface area contributed by atoms with Crippen molar-refractivity contribution in [1.82, 2.24) is 5.32 Å². The molecule has 0 rings (SSSR count). The van der Waals surface area contributed by atoms with Crippen molar-refractivity contribution in [1.29, 1.82) is 0 Å². The predicted molar refractivity (Wildman–Crippen MR) is 119 cm³/mol. The first-order valence-corrected chi connectivity index (χ1v) is 15.2. The van der Waals surface area contributed by atoms with Crippen molar-refractivity contribution in [3.8, 4) is 0 Å². The van der Waals surface area contributed by atoms with E-state index in [0.29, 0.717) is 26.0 Å². The molecule has 0 aromatic heterocycles. The Hall–Kier alpha value is 0.274. The Bertz CT molecular complexity index is 313. The SMILES string of the molecule is CCO[Si](CNCCCC[Si](C(C)C)(C(C)C)C(C)C)(OCC)OCC. The normalized spacial score (nSPS) is 13.4. The molecule has 0 bridgehead atoms. The van der Waals surface area contributed by atoms with Crippen molar-refractivity contribution in [3.63, 3.8) is 0 Å². The average molecular weight is 406 g/mol. The van der Waals surface area contributed by atoms with Crippen molar-refractivity contribution in [2.24, 2.45) is 0 Å². The van der Waals surface area contributed by atoms with E-state index in [4.69, 9.17) is 13.3 Å². The van der Waals surface area contributed by atoms with Gasteiger partial charge in [-0.3, -0.25) is 0 Å². The first-order valence-electron chi connectivity index (χ1n) is 10.8. The van der Waals surface area contributed by atoms with Gasteiger partial charge in [0.15, 0.2) is 0 Å². The highest BCUT2D eigenvalue weighted by Gasteiger charge is 2.42. The van der Waals surface area contributed by atoms with Crippen LogP contribution in [-0.2, 0) is 13.3 Å². The second kappa shape index (κ2) is 13.5. The minimum absolute atomic E-state index is 0.638. The number of nitrogens with one attached hydrogen (secondary N) is 1. The standard InChI is InChI=1S/C20H47NO3Si2/c1-10-22-26(23-11-2,24-12-3)17-21-15-13-14-16-25(18(4)5,19(6)7)20(8)9/h18-21H,10-17H2,1-9H3. The second-order valence-electron chi connectivity index (χ2n) is 8.19. The maximum absolute atomic E-state index is 5.90. The fraction of sp³-hybridized carbons (Fsp3) is 1.00. The van der Waals surface area contributed by atoms with E-state index in [9.17, 15) is 0 Å². The third kappa shape index (κ3) is 7.72. The third-order valence-corrected chi connectivity index (χ3v) is 16.4. The molecule has 4 nitrogen and oxygen atoms in total. The first kappa shape index (κ1) is 26.3. The van der Waals surface area contributed by atoms with E-state index in [1.165, 1.54) is 18.9 Å². The Morgan fingerprint density at radius 2 is 1.12 bits per heavy atom. The van der Waals surface area contributed by atoms with Gasteiger partial charge in [-0.25, -0.2) is 0 Å². The molecule has 0 aromatic rings. The molecule has 0 atom stereocenters. The summed E-state index contributed by atoms with van der Waals surface area (Å²) < 4.78 is 17.7. The van der Waals surface area contributed by atoms with Crippen molar-refractivity contribution in [2.75, 3.05) is 32.5 Å². The molecule has 0 heterocycles. The summed E-state index contributed by atoms with van der Waals surface area (Å²) in [6, 6.07) is 1.44. The summed E-state index contributed by atoms with van der Waals surface area (Å²) in [5, 5.41) is 3.56. The summed E-state index contributed by atoms with van der Waals surface area (Å²) >= 11 is 0.